The van der Waals surface area contributed by atoms with Crippen LogP contribution in [0.15, 0.2) is 67.0 Å². The van der Waals surface area contributed by atoms with Crippen molar-refractivity contribution in [2.24, 2.45) is 0 Å². The van der Waals surface area contributed by atoms with Crippen molar-refractivity contribution in [3.8, 4) is 0 Å². The molecular weight excluding hydrogens is 514 g/mol. The molecular formula is C26H22ClN5O6. The molecule has 0 radical (unpaired) electrons. The van der Waals surface area contributed by atoms with E-state index in [-0.39, 0.29) is 41.2 Å². The molecule has 0 unspecified atom stereocenters. The molecule has 1 fully saturated rings. The van der Waals surface area contributed by atoms with Crippen LogP contribution in [-0.2, 0) is 19.0 Å². The van der Waals surface area contributed by atoms with E-state index in [1.807, 2.05) is 0 Å². The van der Waals surface area contributed by atoms with Crippen molar-refractivity contribution in [2.75, 3.05) is 11.9 Å². The summed E-state index contributed by atoms with van der Waals surface area (Å²) in [5.74, 6) is -1.43. The number of halogens is 1. The van der Waals surface area contributed by atoms with Gasteiger partial charge in [0.2, 0.25) is 11.9 Å². The van der Waals surface area contributed by atoms with E-state index in [0.29, 0.717) is 11.1 Å². The Kier molecular flexibility index (Phi) is 7.29. The summed E-state index contributed by atoms with van der Waals surface area (Å²) in [7, 11) is 0. The summed E-state index contributed by atoms with van der Waals surface area (Å²) in [6.07, 6.45) is -0.564. The van der Waals surface area contributed by atoms with Crippen LogP contribution in [0.25, 0.3) is 11.2 Å². The largest absolute Gasteiger partial charge is 0.459 e. The molecule has 2 aromatic heterocycles. The number of anilines is 1. The zero-order valence-corrected chi connectivity index (χ0v) is 20.9. The fourth-order valence-corrected chi connectivity index (χ4v) is 4.28. The van der Waals surface area contributed by atoms with Crippen LogP contribution in [0, 0.1) is 0 Å². The average molecular weight is 536 g/mol. The first-order valence-electron chi connectivity index (χ1n) is 11.7. The molecule has 1 aliphatic rings. The summed E-state index contributed by atoms with van der Waals surface area (Å²) in [5, 5.41) is 2.53. The van der Waals surface area contributed by atoms with Crippen molar-refractivity contribution in [1.82, 2.24) is 19.5 Å². The first kappa shape index (κ1) is 25.3. The summed E-state index contributed by atoms with van der Waals surface area (Å²) < 4.78 is 19.0. The molecule has 4 aromatic rings. The number of esters is 2. The van der Waals surface area contributed by atoms with E-state index in [1.54, 1.807) is 65.2 Å². The second-order valence-corrected chi connectivity index (χ2v) is 8.86. The minimum atomic E-state index is -0.871. The van der Waals surface area contributed by atoms with E-state index < -0.39 is 30.4 Å². The van der Waals surface area contributed by atoms with Crippen molar-refractivity contribution in [2.45, 2.75) is 31.8 Å². The van der Waals surface area contributed by atoms with Gasteiger partial charge in [-0.05, 0) is 24.3 Å². The van der Waals surface area contributed by atoms with E-state index >= 15 is 0 Å². The Bertz CT molecular complexity index is 1480. The molecule has 1 N–H and O–H groups in total. The van der Waals surface area contributed by atoms with Gasteiger partial charge in [-0.1, -0.05) is 48.0 Å². The lowest BCUT2D eigenvalue weighted by atomic mass is 10.2. The Balaban J connectivity index is 1.41. The highest BCUT2D eigenvalue weighted by atomic mass is 35.5. The van der Waals surface area contributed by atoms with Crippen molar-refractivity contribution in [1.29, 1.82) is 0 Å². The molecule has 194 valence electrons. The standard InChI is InChI=1S/C26H22ClN5O6/c1-15(33)29-26-30-21(27)20-22(31-26)32(14-28-20)23-19(38-25(35)17-10-6-3-7-11-17)12-18(37-23)13-36-24(34)16-8-4-2-5-9-16/h2-11,14,18-19,23H,12-13H2,1H3,(H,29,30,31,33)/t18-,19-,23-/m1/s1. The minimum Gasteiger partial charge on any atom is -0.459 e. The fraction of sp³-hybridized carbons (Fsp3) is 0.231. The van der Waals surface area contributed by atoms with Gasteiger partial charge in [-0.15, -0.1) is 0 Å². The maximum Gasteiger partial charge on any atom is 0.338 e. The summed E-state index contributed by atoms with van der Waals surface area (Å²) in [6, 6.07) is 17.1. The lowest BCUT2D eigenvalue weighted by molar-refractivity contribution is -0.114. The zero-order chi connectivity index (χ0) is 26.6. The topological polar surface area (TPSA) is 135 Å². The van der Waals surface area contributed by atoms with Crippen LogP contribution in [-0.4, -0.2) is 56.2 Å². The SMILES string of the molecule is CC(=O)Nc1nc(Cl)c2ncn([C@@H]3O[C@@H](COC(=O)c4ccccc4)C[C@H]3OC(=O)c3ccccc3)c2n1. The van der Waals surface area contributed by atoms with Gasteiger partial charge in [0.1, 0.15) is 18.2 Å². The number of hydrogen-bond donors (Lipinski definition) is 1. The molecule has 2 aromatic carbocycles. The fourth-order valence-electron chi connectivity index (χ4n) is 4.06. The van der Waals surface area contributed by atoms with Gasteiger partial charge in [-0.25, -0.2) is 14.6 Å². The molecule has 11 nitrogen and oxygen atoms in total. The van der Waals surface area contributed by atoms with Gasteiger partial charge in [0.05, 0.1) is 23.6 Å². The van der Waals surface area contributed by atoms with Gasteiger partial charge in [0.15, 0.2) is 17.0 Å². The van der Waals surface area contributed by atoms with Crippen LogP contribution in [0.4, 0.5) is 5.95 Å². The Morgan fingerprint density at radius 1 is 1.03 bits per heavy atom. The van der Waals surface area contributed by atoms with E-state index in [2.05, 4.69) is 20.3 Å². The number of aromatic nitrogens is 4. The third kappa shape index (κ3) is 5.48. The van der Waals surface area contributed by atoms with Crippen molar-refractivity contribution >= 4 is 46.6 Å². The number of rotatable bonds is 7. The monoisotopic (exact) mass is 535 g/mol. The minimum absolute atomic E-state index is 0.0130. The molecule has 3 heterocycles. The summed E-state index contributed by atoms with van der Waals surface area (Å²) in [4.78, 5) is 49.6. The predicted octanol–water partition coefficient (Wildman–Crippen LogP) is 3.81. The normalized spacial score (nSPS) is 18.7. The van der Waals surface area contributed by atoms with Crippen LogP contribution < -0.4 is 5.32 Å². The third-order valence-corrected chi connectivity index (χ3v) is 6.03. The highest BCUT2D eigenvalue weighted by Gasteiger charge is 2.41. The van der Waals surface area contributed by atoms with Gasteiger partial charge in [0, 0.05) is 13.3 Å². The quantitative estimate of drug-likeness (QED) is 0.277. The number of amides is 1. The number of imidazole rings is 1. The number of nitrogens with zero attached hydrogens (tertiary/aromatic N) is 4. The number of benzene rings is 2. The second kappa shape index (κ2) is 11.0. The Labute approximate surface area is 221 Å². The smallest absolute Gasteiger partial charge is 0.338 e. The summed E-state index contributed by atoms with van der Waals surface area (Å²) in [6.45, 7) is 1.25. The molecule has 0 saturated carbocycles. The third-order valence-electron chi connectivity index (χ3n) is 5.76. The molecule has 1 amide bonds. The number of fused-ring (bicyclic) bond motifs is 1. The van der Waals surface area contributed by atoms with Crippen LogP contribution in [0.3, 0.4) is 0 Å². The molecule has 3 atom stereocenters. The molecule has 0 aliphatic carbocycles. The predicted molar refractivity (Wildman–Crippen MR) is 136 cm³/mol. The van der Waals surface area contributed by atoms with Gasteiger partial charge in [-0.3, -0.25) is 14.7 Å². The Hall–Kier alpha value is -4.35. The average Bonchev–Trinajstić information content (AvgIpc) is 3.52. The van der Waals surface area contributed by atoms with Crippen molar-refractivity contribution in [3.63, 3.8) is 0 Å². The number of hydrogen-bond acceptors (Lipinski definition) is 9. The van der Waals surface area contributed by atoms with Crippen LogP contribution in [0.1, 0.15) is 40.3 Å². The highest BCUT2D eigenvalue weighted by molar-refractivity contribution is 6.33. The van der Waals surface area contributed by atoms with Gasteiger partial charge >= 0.3 is 11.9 Å². The van der Waals surface area contributed by atoms with E-state index in [4.69, 9.17) is 25.8 Å². The lowest BCUT2D eigenvalue weighted by Crippen LogP contribution is -2.25. The van der Waals surface area contributed by atoms with E-state index in [1.165, 1.54) is 13.3 Å². The molecule has 1 saturated heterocycles. The molecule has 0 spiro atoms. The van der Waals surface area contributed by atoms with E-state index in [9.17, 15) is 14.4 Å². The number of ether oxygens (including phenoxy) is 3. The van der Waals surface area contributed by atoms with Crippen molar-refractivity contribution < 1.29 is 28.6 Å². The number of carbonyl (C=O) groups is 3. The lowest BCUT2D eigenvalue weighted by Gasteiger charge is -2.20. The van der Waals surface area contributed by atoms with Gasteiger partial charge in [-0.2, -0.15) is 9.97 Å². The summed E-state index contributed by atoms with van der Waals surface area (Å²) in [5.41, 5.74) is 1.32. The van der Waals surface area contributed by atoms with Crippen molar-refractivity contribution in [3.05, 3.63) is 83.3 Å². The first-order chi connectivity index (χ1) is 18.4. The zero-order valence-electron chi connectivity index (χ0n) is 20.1. The molecule has 1 aliphatic heterocycles. The van der Waals surface area contributed by atoms with Crippen LogP contribution in [0.2, 0.25) is 5.15 Å². The van der Waals surface area contributed by atoms with Crippen LogP contribution >= 0.6 is 11.6 Å². The van der Waals surface area contributed by atoms with Crippen LogP contribution in [0.5, 0.6) is 0 Å². The molecule has 0 bridgehead atoms. The Morgan fingerprint density at radius 2 is 1.68 bits per heavy atom. The maximum absolute atomic E-state index is 12.9. The maximum atomic E-state index is 12.9. The first-order valence-corrected chi connectivity index (χ1v) is 12.1. The molecule has 12 heteroatoms. The van der Waals surface area contributed by atoms with E-state index in [0.717, 1.165) is 0 Å². The molecule has 5 rings (SSSR count). The highest BCUT2D eigenvalue weighted by Crippen LogP contribution is 2.35. The van der Waals surface area contributed by atoms with Gasteiger partial charge < -0.3 is 14.2 Å². The number of carbonyl (C=O) groups excluding carboxylic acids is 3. The Morgan fingerprint density at radius 3 is 2.34 bits per heavy atom. The van der Waals surface area contributed by atoms with Gasteiger partial charge in [0.25, 0.3) is 0 Å². The number of nitrogens with one attached hydrogen (secondary N) is 1. The summed E-state index contributed by atoms with van der Waals surface area (Å²) >= 11 is 6.28. The molecule has 38 heavy (non-hydrogen) atoms. The second-order valence-electron chi connectivity index (χ2n) is 8.50.